The highest BCUT2D eigenvalue weighted by Gasteiger charge is 2.42. The third-order valence-corrected chi connectivity index (χ3v) is 15.8. The lowest BCUT2D eigenvalue weighted by molar-refractivity contribution is -0.141. The molecule has 24 nitrogen and oxygen atoms in total. The third-order valence-electron chi connectivity index (χ3n) is 15.8. The van der Waals surface area contributed by atoms with Gasteiger partial charge in [-0.2, -0.15) is 0 Å². The maximum absolute atomic E-state index is 12.8. The van der Waals surface area contributed by atoms with Crippen molar-refractivity contribution in [3.8, 4) is 46.3 Å². The fourth-order valence-corrected chi connectivity index (χ4v) is 10.9. The van der Waals surface area contributed by atoms with Gasteiger partial charge in [0.2, 0.25) is 0 Å². The van der Waals surface area contributed by atoms with Crippen molar-refractivity contribution in [3.05, 3.63) is 97.7 Å². The molecule has 4 aromatic heterocycles. The van der Waals surface area contributed by atoms with Crippen molar-refractivity contribution >= 4 is 35.7 Å². The lowest BCUT2D eigenvalue weighted by Gasteiger charge is -2.46. The van der Waals surface area contributed by atoms with Crippen molar-refractivity contribution in [1.82, 2.24) is 24.4 Å². The number of ketones is 2. The van der Waals surface area contributed by atoms with E-state index in [0.717, 1.165) is 54.6 Å². The summed E-state index contributed by atoms with van der Waals surface area (Å²) in [6, 6.07) is 7.65. The lowest BCUT2D eigenvalue weighted by Crippen LogP contribution is -2.47. The van der Waals surface area contributed by atoms with Crippen LogP contribution in [0.1, 0.15) is 152 Å². The summed E-state index contributed by atoms with van der Waals surface area (Å²) in [5.74, 6) is 2.01. The molecule has 0 saturated carbocycles. The summed E-state index contributed by atoms with van der Waals surface area (Å²) in [6.07, 6.45) is 11.4. The van der Waals surface area contributed by atoms with Gasteiger partial charge < -0.3 is 66.3 Å². The average Bonchev–Trinajstić information content (AvgIpc) is 0.757. The summed E-state index contributed by atoms with van der Waals surface area (Å²) >= 11 is 0. The molecule has 0 radical (unpaired) electrons. The van der Waals surface area contributed by atoms with Gasteiger partial charge in [0.25, 0.3) is 17.6 Å². The molecule has 0 bridgehead atoms. The van der Waals surface area contributed by atoms with Crippen LogP contribution in [0, 0.1) is 17.8 Å². The minimum Gasteiger partial charge on any atom is -0.488 e. The predicted octanol–water partition coefficient (Wildman–Crippen LogP) is 9.70. The van der Waals surface area contributed by atoms with Gasteiger partial charge in [0.1, 0.15) is 11.1 Å². The van der Waals surface area contributed by atoms with Gasteiger partial charge in [-0.1, -0.05) is 47.6 Å². The number of carbonyl (C=O) groups excluding carboxylic acids is 5. The molecule has 0 spiro atoms. The number of hydrogen-bond donors (Lipinski definition) is 0. The molecule has 8 rings (SSSR count). The summed E-state index contributed by atoms with van der Waals surface area (Å²) in [5, 5.41) is 0. The lowest BCUT2D eigenvalue weighted by atomic mass is 9.82. The van der Waals surface area contributed by atoms with Crippen LogP contribution >= 0.6 is 0 Å². The van der Waals surface area contributed by atoms with Gasteiger partial charge in [0.05, 0.1) is 101 Å². The first-order chi connectivity index (χ1) is 45.1. The second-order valence-electron chi connectivity index (χ2n) is 23.4. The molecule has 4 atom stereocenters. The van der Waals surface area contributed by atoms with Gasteiger partial charge in [-0.05, 0) is 107 Å². The third kappa shape index (κ3) is 20.4. The minimum absolute atomic E-state index is 0.0322. The van der Waals surface area contributed by atoms with Crippen molar-refractivity contribution < 1.29 is 80.8 Å². The minimum atomic E-state index is -0.610. The molecule has 0 amide bonds. The number of ether oxygens (including phenoxy) is 12. The second-order valence-corrected chi connectivity index (χ2v) is 23.4. The number of nitrogens with zero attached hydrogens (tertiary/aromatic N) is 6. The largest absolute Gasteiger partial charge is 0.488 e. The van der Waals surface area contributed by atoms with Crippen LogP contribution in [-0.2, 0) is 66.9 Å². The predicted molar refractivity (Wildman–Crippen MR) is 354 cm³/mol. The number of esters is 3. The van der Waals surface area contributed by atoms with E-state index in [1.807, 2.05) is 29.0 Å². The molecule has 0 aromatic carbocycles. The number of pyridine rings is 4. The SMILES string of the molecule is C/C=C(\C(C)=O)C(=O)OCC.CCOC(=O)C1=CN2C(CC1=O)c1nc(OC)c(OCCCOC)cc1C[C@H]2C(C)C.CCOC(=O)c1cn2c(cc1=O)-c1nc(OC)c(OCCCOC)cc1C[C@H]2C(C)C.COCCCOc1cc2c(nc1OC)C=N[C@H](C(C)C)C2. The van der Waals surface area contributed by atoms with Gasteiger partial charge in [0, 0.05) is 104 Å². The Morgan fingerprint density at radius 1 is 0.596 bits per heavy atom. The molecular formula is C70H98N6O18. The zero-order valence-electron chi connectivity index (χ0n) is 58.0. The summed E-state index contributed by atoms with van der Waals surface area (Å²) in [5.41, 5.74) is 6.06. The molecule has 1 unspecified atom stereocenters. The maximum Gasteiger partial charge on any atom is 0.343 e. The molecule has 8 heterocycles. The molecule has 0 saturated heterocycles. The number of allylic oxidation sites excluding steroid dienone is 1. The van der Waals surface area contributed by atoms with Crippen LogP contribution in [-0.4, -0.2) is 174 Å². The Morgan fingerprint density at radius 2 is 1.11 bits per heavy atom. The zero-order chi connectivity index (χ0) is 69.2. The van der Waals surface area contributed by atoms with Crippen molar-refractivity contribution in [2.24, 2.45) is 22.7 Å². The normalized spacial score (nSPS) is 16.6. The van der Waals surface area contributed by atoms with E-state index >= 15 is 0 Å². The summed E-state index contributed by atoms with van der Waals surface area (Å²) in [6.45, 7) is 25.2. The number of aromatic nitrogens is 4. The molecule has 0 aliphatic carbocycles. The Bertz CT molecular complexity index is 3360. The molecule has 0 fully saturated rings. The van der Waals surface area contributed by atoms with Gasteiger partial charge >= 0.3 is 17.9 Å². The standard InChI is InChI=1S/C23H32N2O6.C23H30N2O6.C16H24N2O3.C8H12O3/c2*1-6-30-23(27)16-13-25-17(14(2)3)10-15-11-20(31-9-7-8-28-4)22(29-5)24-21(15)18(25)12-19(16)26;1-11(2)13-8-12-9-15(21-7-5-6-19-3)16(20-4)18-14(12)10-17-13;1-4-7(6(3)9)8(10)11-5-2/h11,13-14,17-18H,6-10,12H2,1-5H3;11-14,17H,6-10H2,1-5H3;9-11,13H,5-8H2,1-4H3;4H,5H2,1-3H3/b;;;7-4+/t17-,18?;17-;13-;/m000./s1. The van der Waals surface area contributed by atoms with Crippen molar-refractivity contribution in [3.63, 3.8) is 0 Å². The molecule has 4 aliphatic rings. The molecule has 4 aromatic rings. The van der Waals surface area contributed by atoms with Gasteiger partial charge in [-0.3, -0.25) is 19.4 Å². The van der Waals surface area contributed by atoms with Crippen LogP contribution < -0.4 is 33.8 Å². The first kappa shape index (κ1) is 76.5. The Morgan fingerprint density at radius 3 is 1.61 bits per heavy atom. The first-order valence-electron chi connectivity index (χ1n) is 32.2. The van der Waals surface area contributed by atoms with Crippen LogP contribution in [0.25, 0.3) is 11.4 Å². The molecule has 516 valence electrons. The number of Topliss-reactive ketones (excluding diaryl/α,β-unsaturated/α-hetero) is 2. The highest BCUT2D eigenvalue weighted by atomic mass is 16.6. The quantitative estimate of drug-likeness (QED) is 0.0128. The number of fused-ring (bicyclic) bond motifs is 7. The van der Waals surface area contributed by atoms with E-state index in [1.165, 1.54) is 31.7 Å². The van der Waals surface area contributed by atoms with E-state index in [9.17, 15) is 28.8 Å². The molecule has 94 heavy (non-hydrogen) atoms. The van der Waals surface area contributed by atoms with E-state index < -0.39 is 17.9 Å². The van der Waals surface area contributed by atoms with Crippen molar-refractivity contribution in [2.75, 3.05) is 102 Å². The van der Waals surface area contributed by atoms with Crippen LogP contribution in [0.15, 0.2) is 63.7 Å². The average molecular weight is 1310 g/mol. The number of methoxy groups -OCH3 is 6. The van der Waals surface area contributed by atoms with E-state index in [1.54, 1.807) is 75.6 Å². The highest BCUT2D eigenvalue weighted by Crippen LogP contribution is 2.44. The van der Waals surface area contributed by atoms with E-state index in [-0.39, 0.29) is 77.4 Å². The Hall–Kier alpha value is -8.22. The number of aliphatic imine (C=N–C) groups is 1. The highest BCUT2D eigenvalue weighted by molar-refractivity contribution is 6.18. The molecule has 0 N–H and O–H groups in total. The second kappa shape index (κ2) is 38.2. The topological polar surface area (TPSA) is 272 Å². The monoisotopic (exact) mass is 1310 g/mol. The smallest absolute Gasteiger partial charge is 0.343 e. The Balaban J connectivity index is 0.000000240. The number of carbonyl (C=O) groups is 5. The van der Waals surface area contributed by atoms with Crippen LogP contribution in [0.3, 0.4) is 0 Å². The van der Waals surface area contributed by atoms with E-state index in [4.69, 9.17) is 57.1 Å². The summed E-state index contributed by atoms with van der Waals surface area (Å²) < 4.78 is 65.7. The molecule has 4 aliphatic heterocycles. The van der Waals surface area contributed by atoms with Gasteiger partial charge in [-0.25, -0.2) is 29.3 Å². The summed E-state index contributed by atoms with van der Waals surface area (Å²) in [7, 11) is 9.69. The number of hydrogen-bond acceptors (Lipinski definition) is 23. The maximum atomic E-state index is 12.8. The zero-order valence-corrected chi connectivity index (χ0v) is 58.0. The van der Waals surface area contributed by atoms with Crippen LogP contribution in [0.2, 0.25) is 0 Å². The van der Waals surface area contributed by atoms with Gasteiger partial charge in [0.15, 0.2) is 34.2 Å². The van der Waals surface area contributed by atoms with Gasteiger partial charge in [-0.15, -0.1) is 0 Å². The fraction of sp³-hybridized carbons (Fsp3) is 0.571. The first-order valence-corrected chi connectivity index (χ1v) is 32.2. The fourth-order valence-electron chi connectivity index (χ4n) is 10.9. The van der Waals surface area contributed by atoms with E-state index in [0.29, 0.717) is 117 Å². The van der Waals surface area contributed by atoms with Crippen molar-refractivity contribution in [2.45, 2.75) is 145 Å². The summed E-state index contributed by atoms with van der Waals surface area (Å²) in [4.78, 5) is 92.2. The van der Waals surface area contributed by atoms with Crippen LogP contribution in [0.4, 0.5) is 0 Å². The molecule has 24 heteroatoms. The van der Waals surface area contributed by atoms with E-state index in [2.05, 4.69) is 66.1 Å². The Kier molecular flexibility index (Phi) is 31.1. The molecular weight excluding hydrogens is 1210 g/mol. The number of rotatable bonds is 28. The van der Waals surface area contributed by atoms with Crippen molar-refractivity contribution in [1.29, 1.82) is 0 Å². The Labute approximate surface area is 553 Å². The van der Waals surface area contributed by atoms with Crippen LogP contribution in [0.5, 0.6) is 34.9 Å².